The Morgan fingerprint density at radius 3 is 2.29 bits per heavy atom. The van der Waals surface area contributed by atoms with Gasteiger partial charge in [0.2, 0.25) is 0 Å². The number of carboxylic acids is 1. The van der Waals surface area contributed by atoms with Gasteiger partial charge in [-0.1, -0.05) is 0 Å². The molecule has 0 saturated carbocycles. The molecule has 0 aliphatic heterocycles. The highest BCUT2D eigenvalue weighted by molar-refractivity contribution is 8.00. The molecule has 0 aliphatic carbocycles. The summed E-state index contributed by atoms with van der Waals surface area (Å²) < 4.78 is 26.7. The minimum Gasteiger partial charge on any atom is -0.480 e. The van der Waals surface area contributed by atoms with E-state index in [1.165, 1.54) is 6.92 Å². The second-order valence-electron chi connectivity index (χ2n) is 3.09. The van der Waals surface area contributed by atoms with Gasteiger partial charge in [-0.15, -0.1) is 11.8 Å². The number of halogens is 2. The van der Waals surface area contributed by atoms with Gasteiger partial charge in [0.05, 0.1) is 22.0 Å². The number of carboxylic acid groups (broad SMARTS) is 1. The van der Waals surface area contributed by atoms with Crippen LogP contribution in [0.15, 0.2) is 17.0 Å². The summed E-state index contributed by atoms with van der Waals surface area (Å²) in [6.07, 6.45) is 0. The first-order valence-electron chi connectivity index (χ1n) is 4.36. The summed E-state index contributed by atoms with van der Waals surface area (Å²) in [6, 6.07) is 1.11. The topological polar surface area (TPSA) is 80.4 Å². The van der Waals surface area contributed by atoms with E-state index >= 15 is 0 Å². The highest BCUT2D eigenvalue weighted by atomic mass is 32.2. The molecular formula is C9H7F2NO4S. The van der Waals surface area contributed by atoms with Gasteiger partial charge in [-0.25, -0.2) is 8.78 Å². The molecule has 1 atom stereocenters. The van der Waals surface area contributed by atoms with Gasteiger partial charge in [0.15, 0.2) is 0 Å². The molecule has 0 heterocycles. The molecule has 92 valence electrons. The van der Waals surface area contributed by atoms with Crippen molar-refractivity contribution in [3.8, 4) is 0 Å². The monoisotopic (exact) mass is 263 g/mol. The maximum absolute atomic E-state index is 13.3. The summed E-state index contributed by atoms with van der Waals surface area (Å²) in [4.78, 5) is 19.4. The minimum absolute atomic E-state index is 0.453. The molecule has 1 aromatic carbocycles. The lowest BCUT2D eigenvalue weighted by Gasteiger charge is -2.07. The van der Waals surface area contributed by atoms with Crippen molar-refractivity contribution < 1.29 is 23.6 Å². The molecule has 5 nitrogen and oxygen atoms in total. The van der Waals surface area contributed by atoms with E-state index in [0.717, 1.165) is 0 Å². The fourth-order valence-electron chi connectivity index (χ4n) is 0.992. The van der Waals surface area contributed by atoms with Crippen LogP contribution in [0.3, 0.4) is 0 Å². The third kappa shape index (κ3) is 3.13. The average Bonchev–Trinajstić information content (AvgIpc) is 2.22. The van der Waals surface area contributed by atoms with Crippen LogP contribution in [0.25, 0.3) is 0 Å². The largest absolute Gasteiger partial charge is 0.480 e. The van der Waals surface area contributed by atoms with Crippen LogP contribution in [0.4, 0.5) is 14.5 Å². The fourth-order valence-corrected chi connectivity index (χ4v) is 1.79. The second kappa shape index (κ2) is 5.09. The van der Waals surface area contributed by atoms with Crippen LogP contribution in [0, 0.1) is 21.7 Å². The molecule has 0 fully saturated rings. The fraction of sp³-hybridized carbons (Fsp3) is 0.222. The molecule has 0 amide bonds. The number of rotatable bonds is 4. The normalized spacial score (nSPS) is 12.2. The zero-order chi connectivity index (χ0) is 13.2. The van der Waals surface area contributed by atoms with E-state index in [4.69, 9.17) is 5.11 Å². The number of nitro benzene ring substituents is 1. The van der Waals surface area contributed by atoms with Crippen molar-refractivity contribution in [2.24, 2.45) is 0 Å². The standard InChI is InChI=1S/C9H7F2NO4S/c1-4(9(13)14)17-8-6(10)2-5(12(15)16)3-7(8)11/h2-4H,1H3,(H,13,14). The second-order valence-corrected chi connectivity index (χ2v) is 4.45. The number of carbonyl (C=O) groups is 1. The maximum Gasteiger partial charge on any atom is 0.316 e. The smallest absolute Gasteiger partial charge is 0.316 e. The van der Waals surface area contributed by atoms with E-state index in [2.05, 4.69) is 0 Å². The van der Waals surface area contributed by atoms with Crippen LogP contribution in [0.1, 0.15) is 6.92 Å². The third-order valence-corrected chi connectivity index (χ3v) is 3.02. The number of aliphatic carboxylic acids is 1. The van der Waals surface area contributed by atoms with Crippen LogP contribution < -0.4 is 0 Å². The molecule has 0 radical (unpaired) electrons. The summed E-state index contributed by atoms with van der Waals surface area (Å²) in [7, 11) is 0. The summed E-state index contributed by atoms with van der Waals surface area (Å²) in [5.74, 6) is -3.52. The number of non-ortho nitro benzene ring substituents is 1. The molecule has 1 aromatic rings. The SMILES string of the molecule is CC(Sc1c(F)cc([N+](=O)[O-])cc1F)C(=O)O. The Morgan fingerprint density at radius 2 is 1.94 bits per heavy atom. The summed E-state index contributed by atoms with van der Waals surface area (Å²) in [5, 5.41) is 17.9. The van der Waals surface area contributed by atoms with Gasteiger partial charge in [0.1, 0.15) is 16.9 Å². The lowest BCUT2D eigenvalue weighted by molar-refractivity contribution is -0.385. The molecule has 0 saturated heterocycles. The Bertz CT molecular complexity index is 457. The minimum atomic E-state index is -1.23. The van der Waals surface area contributed by atoms with Gasteiger partial charge in [-0.05, 0) is 6.92 Å². The van der Waals surface area contributed by atoms with E-state index in [1.54, 1.807) is 0 Å². The van der Waals surface area contributed by atoms with Crippen molar-refractivity contribution in [1.29, 1.82) is 0 Å². The maximum atomic E-state index is 13.3. The van der Waals surface area contributed by atoms with E-state index in [0.29, 0.717) is 23.9 Å². The lowest BCUT2D eigenvalue weighted by Crippen LogP contribution is -2.12. The molecular weight excluding hydrogens is 256 g/mol. The molecule has 1 N–H and O–H groups in total. The molecule has 8 heteroatoms. The van der Waals surface area contributed by atoms with E-state index < -0.39 is 38.4 Å². The van der Waals surface area contributed by atoms with Crippen LogP contribution >= 0.6 is 11.8 Å². The predicted octanol–water partition coefficient (Wildman–Crippen LogP) is 2.44. The van der Waals surface area contributed by atoms with E-state index in [9.17, 15) is 23.7 Å². The Balaban J connectivity index is 3.10. The number of thioether (sulfide) groups is 1. The number of hydrogen-bond acceptors (Lipinski definition) is 4. The average molecular weight is 263 g/mol. The highest BCUT2D eigenvalue weighted by Gasteiger charge is 2.21. The number of hydrogen-bond donors (Lipinski definition) is 1. The first kappa shape index (κ1) is 13.4. The zero-order valence-electron chi connectivity index (χ0n) is 8.52. The van der Waals surface area contributed by atoms with Gasteiger partial charge in [0, 0.05) is 0 Å². The molecule has 0 aromatic heterocycles. The lowest BCUT2D eigenvalue weighted by atomic mass is 10.3. The van der Waals surface area contributed by atoms with Crippen LogP contribution in [-0.2, 0) is 4.79 Å². The highest BCUT2D eigenvalue weighted by Crippen LogP contribution is 2.31. The van der Waals surface area contributed by atoms with Crippen LogP contribution in [0.5, 0.6) is 0 Å². The van der Waals surface area contributed by atoms with Gasteiger partial charge in [-0.2, -0.15) is 0 Å². The van der Waals surface area contributed by atoms with E-state index in [-0.39, 0.29) is 0 Å². The summed E-state index contributed by atoms with van der Waals surface area (Å²) in [6.45, 7) is 1.26. The summed E-state index contributed by atoms with van der Waals surface area (Å²) in [5.41, 5.74) is -0.715. The van der Waals surface area contributed by atoms with Gasteiger partial charge >= 0.3 is 5.97 Å². The van der Waals surface area contributed by atoms with E-state index in [1.807, 2.05) is 0 Å². The molecule has 1 unspecified atom stereocenters. The zero-order valence-corrected chi connectivity index (χ0v) is 9.33. The molecule has 17 heavy (non-hydrogen) atoms. The van der Waals surface area contributed by atoms with Crippen LogP contribution in [-0.4, -0.2) is 21.2 Å². The quantitative estimate of drug-likeness (QED) is 0.512. The molecule has 0 aliphatic rings. The van der Waals surface area contributed by atoms with Gasteiger partial charge in [0.25, 0.3) is 5.69 Å². The van der Waals surface area contributed by atoms with Crippen LogP contribution in [0.2, 0.25) is 0 Å². The van der Waals surface area contributed by atoms with Crippen molar-refractivity contribution in [2.75, 3.05) is 0 Å². The molecule has 0 bridgehead atoms. The molecule has 0 spiro atoms. The number of benzene rings is 1. The van der Waals surface area contributed by atoms with Gasteiger partial charge in [-0.3, -0.25) is 14.9 Å². The Morgan fingerprint density at radius 1 is 1.47 bits per heavy atom. The third-order valence-electron chi connectivity index (χ3n) is 1.84. The first-order chi connectivity index (χ1) is 7.82. The number of nitro groups is 1. The number of nitrogens with zero attached hydrogens (tertiary/aromatic N) is 1. The molecule has 1 rings (SSSR count). The predicted molar refractivity (Wildman–Crippen MR) is 56.0 cm³/mol. The Labute approximate surface area is 98.6 Å². The first-order valence-corrected chi connectivity index (χ1v) is 5.23. The van der Waals surface area contributed by atoms with Crippen molar-refractivity contribution >= 4 is 23.4 Å². The Hall–Kier alpha value is -1.70. The van der Waals surface area contributed by atoms with Crippen molar-refractivity contribution in [1.82, 2.24) is 0 Å². The van der Waals surface area contributed by atoms with Crippen molar-refractivity contribution in [3.05, 3.63) is 33.9 Å². The van der Waals surface area contributed by atoms with Crippen molar-refractivity contribution in [3.63, 3.8) is 0 Å². The Kier molecular flexibility index (Phi) is 4.00. The van der Waals surface area contributed by atoms with Gasteiger partial charge < -0.3 is 5.11 Å². The summed E-state index contributed by atoms with van der Waals surface area (Å²) >= 11 is 0.453. The van der Waals surface area contributed by atoms with Crippen molar-refractivity contribution in [2.45, 2.75) is 17.1 Å².